The highest BCUT2D eigenvalue weighted by atomic mass is 79.9. The van der Waals surface area contributed by atoms with Crippen LogP contribution in [0.15, 0.2) is 0 Å². The molecule has 1 N–H and O–H groups in total. The Bertz CT molecular complexity index is 184. The number of hydrogen-bond donors (Lipinski definition) is 1. The maximum absolute atomic E-state index is 11.5. The van der Waals surface area contributed by atoms with Crippen LogP contribution in [0.1, 0.15) is 47.5 Å². The van der Waals surface area contributed by atoms with Gasteiger partial charge >= 0.3 is 0 Å². The topological polar surface area (TPSA) is 29.1 Å². The van der Waals surface area contributed by atoms with Crippen LogP contribution in [0.5, 0.6) is 0 Å². The van der Waals surface area contributed by atoms with Crippen molar-refractivity contribution >= 4 is 21.8 Å². The third kappa shape index (κ3) is 8.54. The monoisotopic (exact) mass is 263 g/mol. The second-order valence-corrected chi connectivity index (χ2v) is 6.79. The molecule has 0 saturated carbocycles. The second kappa shape index (κ2) is 5.74. The van der Waals surface area contributed by atoms with E-state index in [9.17, 15) is 4.79 Å². The van der Waals surface area contributed by atoms with Gasteiger partial charge in [0.05, 0.1) is 0 Å². The molecule has 2 unspecified atom stereocenters. The van der Waals surface area contributed by atoms with E-state index in [1.165, 1.54) is 0 Å². The largest absolute Gasteiger partial charge is 0.354 e. The summed E-state index contributed by atoms with van der Waals surface area (Å²) in [4.78, 5) is 12.0. The van der Waals surface area contributed by atoms with Crippen molar-refractivity contribution in [3.63, 3.8) is 0 Å². The summed E-state index contributed by atoms with van der Waals surface area (Å²) in [5.41, 5.74) is 0.0732. The normalized spacial score (nSPS) is 16.1. The Morgan fingerprint density at radius 2 is 1.86 bits per heavy atom. The van der Waals surface area contributed by atoms with Gasteiger partial charge in [0.15, 0.2) is 0 Å². The lowest BCUT2D eigenvalue weighted by Crippen LogP contribution is -2.35. The number of nitrogens with one attached hydrogen (secondary N) is 1. The summed E-state index contributed by atoms with van der Waals surface area (Å²) in [6.45, 7) is 10.4. The SMILES string of the molecule is CC(Br)CC(C)NC(=O)CC(C)(C)C. The second-order valence-electron chi connectivity index (χ2n) is 5.22. The number of carbonyl (C=O) groups excluding carboxylic acids is 1. The number of hydrogen-bond acceptors (Lipinski definition) is 1. The van der Waals surface area contributed by atoms with Gasteiger partial charge in [-0.15, -0.1) is 0 Å². The molecule has 0 aromatic carbocycles. The first-order valence-electron chi connectivity index (χ1n) is 5.14. The van der Waals surface area contributed by atoms with Crippen LogP contribution in [0.25, 0.3) is 0 Å². The van der Waals surface area contributed by atoms with Crippen molar-refractivity contribution in [3.8, 4) is 0 Å². The summed E-state index contributed by atoms with van der Waals surface area (Å²) in [5, 5.41) is 3.00. The number of amides is 1. The van der Waals surface area contributed by atoms with E-state index >= 15 is 0 Å². The molecule has 0 heterocycles. The van der Waals surface area contributed by atoms with Gasteiger partial charge in [-0.25, -0.2) is 0 Å². The molecule has 0 fully saturated rings. The van der Waals surface area contributed by atoms with E-state index in [0.29, 0.717) is 11.2 Å². The summed E-state index contributed by atoms with van der Waals surface area (Å²) in [5.74, 6) is 0.151. The molecule has 1 amide bonds. The van der Waals surface area contributed by atoms with Crippen molar-refractivity contribution in [2.45, 2.75) is 58.3 Å². The molecule has 0 spiro atoms. The fourth-order valence-electron chi connectivity index (χ4n) is 1.35. The molecule has 0 aromatic rings. The third-order valence-corrected chi connectivity index (χ3v) is 2.15. The minimum Gasteiger partial charge on any atom is -0.354 e. The van der Waals surface area contributed by atoms with Crippen molar-refractivity contribution in [2.75, 3.05) is 0 Å². The van der Waals surface area contributed by atoms with Crippen molar-refractivity contribution in [1.82, 2.24) is 5.32 Å². The van der Waals surface area contributed by atoms with Gasteiger partial charge in [0.25, 0.3) is 0 Å². The minimum atomic E-state index is 0.0732. The highest BCUT2D eigenvalue weighted by Gasteiger charge is 2.17. The first-order chi connectivity index (χ1) is 6.20. The third-order valence-electron chi connectivity index (χ3n) is 1.78. The van der Waals surface area contributed by atoms with Gasteiger partial charge in [-0.1, -0.05) is 43.6 Å². The summed E-state index contributed by atoms with van der Waals surface area (Å²) >= 11 is 3.48. The van der Waals surface area contributed by atoms with Gasteiger partial charge in [0.2, 0.25) is 5.91 Å². The zero-order valence-electron chi connectivity index (χ0n) is 9.86. The molecular formula is C11H22BrNO. The Morgan fingerprint density at radius 3 is 2.21 bits per heavy atom. The zero-order valence-corrected chi connectivity index (χ0v) is 11.4. The zero-order chi connectivity index (χ0) is 11.4. The van der Waals surface area contributed by atoms with Crippen molar-refractivity contribution in [1.29, 1.82) is 0 Å². The smallest absolute Gasteiger partial charge is 0.220 e. The van der Waals surface area contributed by atoms with Crippen LogP contribution in [0.3, 0.4) is 0 Å². The van der Waals surface area contributed by atoms with E-state index < -0.39 is 0 Å². The molecular weight excluding hydrogens is 242 g/mol. The molecule has 0 aliphatic heterocycles. The molecule has 14 heavy (non-hydrogen) atoms. The lowest BCUT2D eigenvalue weighted by molar-refractivity contribution is -0.123. The lowest BCUT2D eigenvalue weighted by atomic mass is 9.92. The predicted octanol–water partition coefficient (Wildman–Crippen LogP) is 3.10. The van der Waals surface area contributed by atoms with Crippen molar-refractivity contribution in [2.24, 2.45) is 5.41 Å². The van der Waals surface area contributed by atoms with Crippen LogP contribution in [0.2, 0.25) is 0 Å². The number of alkyl halides is 1. The molecule has 0 bridgehead atoms. The van der Waals surface area contributed by atoms with Gasteiger partial charge in [-0.2, -0.15) is 0 Å². The Balaban J connectivity index is 3.83. The average molecular weight is 264 g/mol. The maximum atomic E-state index is 11.5. The Labute approximate surface area is 96.0 Å². The summed E-state index contributed by atoms with van der Waals surface area (Å²) in [6, 6.07) is 0.249. The predicted molar refractivity (Wildman–Crippen MR) is 64.7 cm³/mol. The Kier molecular flexibility index (Phi) is 5.72. The van der Waals surface area contributed by atoms with E-state index in [1.54, 1.807) is 0 Å². The van der Waals surface area contributed by atoms with Crippen LogP contribution >= 0.6 is 15.9 Å². The summed E-state index contributed by atoms with van der Waals surface area (Å²) in [7, 11) is 0. The van der Waals surface area contributed by atoms with Gasteiger partial charge in [-0.3, -0.25) is 4.79 Å². The number of carbonyl (C=O) groups is 1. The van der Waals surface area contributed by atoms with Crippen molar-refractivity contribution < 1.29 is 4.79 Å². The quantitative estimate of drug-likeness (QED) is 0.777. The maximum Gasteiger partial charge on any atom is 0.220 e. The Hall–Kier alpha value is -0.0500. The summed E-state index contributed by atoms with van der Waals surface area (Å²) < 4.78 is 0. The van der Waals surface area contributed by atoms with Crippen LogP contribution in [-0.2, 0) is 4.79 Å². The van der Waals surface area contributed by atoms with Gasteiger partial charge < -0.3 is 5.32 Å². The molecule has 0 rings (SSSR count). The molecule has 2 nitrogen and oxygen atoms in total. The molecule has 0 aliphatic carbocycles. The van der Waals surface area contributed by atoms with Gasteiger partial charge in [0, 0.05) is 17.3 Å². The fraction of sp³-hybridized carbons (Fsp3) is 0.909. The lowest BCUT2D eigenvalue weighted by Gasteiger charge is -2.20. The molecule has 0 saturated heterocycles. The van der Waals surface area contributed by atoms with E-state index in [0.717, 1.165) is 6.42 Å². The number of rotatable bonds is 4. The van der Waals surface area contributed by atoms with Crippen LogP contribution < -0.4 is 5.32 Å². The van der Waals surface area contributed by atoms with Crippen LogP contribution in [0, 0.1) is 5.41 Å². The number of halogens is 1. The average Bonchev–Trinajstić information content (AvgIpc) is 1.77. The molecule has 3 heteroatoms. The van der Waals surface area contributed by atoms with Gasteiger partial charge in [0.1, 0.15) is 0 Å². The van der Waals surface area contributed by atoms with E-state index in [1.807, 2.05) is 6.92 Å². The van der Waals surface area contributed by atoms with E-state index in [2.05, 4.69) is 48.9 Å². The molecule has 0 aliphatic rings. The van der Waals surface area contributed by atoms with Crippen LogP contribution in [0.4, 0.5) is 0 Å². The minimum absolute atomic E-state index is 0.0732. The Morgan fingerprint density at radius 1 is 1.36 bits per heavy atom. The first kappa shape index (κ1) is 13.9. The molecule has 2 atom stereocenters. The fourth-order valence-corrected chi connectivity index (χ4v) is 1.91. The summed E-state index contributed by atoms with van der Waals surface area (Å²) in [6.07, 6.45) is 1.56. The molecule has 0 aromatic heterocycles. The van der Waals surface area contributed by atoms with E-state index in [-0.39, 0.29) is 17.4 Å². The van der Waals surface area contributed by atoms with Crippen LogP contribution in [-0.4, -0.2) is 16.8 Å². The highest BCUT2D eigenvalue weighted by Crippen LogP contribution is 2.18. The highest BCUT2D eigenvalue weighted by molar-refractivity contribution is 9.09. The van der Waals surface area contributed by atoms with Crippen molar-refractivity contribution in [3.05, 3.63) is 0 Å². The molecule has 0 radical (unpaired) electrons. The van der Waals surface area contributed by atoms with E-state index in [4.69, 9.17) is 0 Å². The molecule has 84 valence electrons. The standard InChI is InChI=1S/C11H22BrNO/c1-8(12)6-9(2)13-10(14)7-11(3,4)5/h8-9H,6-7H2,1-5H3,(H,13,14). The van der Waals surface area contributed by atoms with Gasteiger partial charge in [-0.05, 0) is 18.8 Å². The first-order valence-corrected chi connectivity index (χ1v) is 6.05.